The molecule has 110 valence electrons. The lowest BCUT2D eigenvalue weighted by molar-refractivity contribution is 0.259. The number of imidazole rings is 1. The van der Waals surface area contributed by atoms with E-state index < -0.39 is 0 Å². The second-order valence-electron chi connectivity index (χ2n) is 5.09. The Kier molecular flexibility index (Phi) is 5.31. The molecule has 6 nitrogen and oxygen atoms in total. The van der Waals surface area contributed by atoms with Crippen LogP contribution in [0.1, 0.15) is 30.6 Å². The molecule has 0 radical (unpaired) electrons. The number of nitrogens with zero attached hydrogens (tertiary/aromatic N) is 4. The van der Waals surface area contributed by atoms with Crippen molar-refractivity contribution in [1.82, 2.24) is 24.9 Å². The molecule has 0 saturated heterocycles. The van der Waals surface area contributed by atoms with E-state index in [1.54, 1.807) is 0 Å². The number of nitrogens with one attached hydrogen (secondary N) is 1. The van der Waals surface area contributed by atoms with Gasteiger partial charge in [-0.2, -0.15) is 0 Å². The van der Waals surface area contributed by atoms with Crippen molar-refractivity contribution in [3.8, 4) is 0 Å². The van der Waals surface area contributed by atoms with Crippen LogP contribution in [0.3, 0.4) is 0 Å². The molecule has 0 aliphatic heterocycles. The van der Waals surface area contributed by atoms with Gasteiger partial charge in [0, 0.05) is 32.1 Å². The van der Waals surface area contributed by atoms with Crippen LogP contribution < -0.4 is 5.32 Å². The van der Waals surface area contributed by atoms with Crippen LogP contribution in [0.25, 0.3) is 0 Å². The molecule has 0 amide bonds. The minimum Gasteiger partial charge on any atom is -0.360 e. The Labute approximate surface area is 119 Å². The third-order valence-corrected chi connectivity index (χ3v) is 3.10. The summed E-state index contributed by atoms with van der Waals surface area (Å²) in [6.07, 6.45) is 4.89. The van der Waals surface area contributed by atoms with Gasteiger partial charge < -0.3 is 14.4 Å². The average molecular weight is 277 g/mol. The first-order valence-corrected chi connectivity index (χ1v) is 6.99. The summed E-state index contributed by atoms with van der Waals surface area (Å²) in [4.78, 5) is 6.48. The number of aromatic nitrogens is 3. The standard InChI is InChI=1S/C14H23N5O/c1-4-5-15-9-12-8-13(20-17-12)10-18(2)11-14-16-6-7-19(14)3/h6-8,15H,4-5,9-11H2,1-3H3. The summed E-state index contributed by atoms with van der Waals surface area (Å²) < 4.78 is 7.38. The molecular weight excluding hydrogens is 254 g/mol. The maximum atomic E-state index is 5.36. The van der Waals surface area contributed by atoms with Crippen LogP contribution in [-0.2, 0) is 26.7 Å². The fraction of sp³-hybridized carbons (Fsp3) is 0.571. The van der Waals surface area contributed by atoms with E-state index in [0.717, 1.165) is 49.9 Å². The Balaban J connectivity index is 1.82. The van der Waals surface area contributed by atoms with E-state index in [9.17, 15) is 0 Å². The molecule has 2 aromatic heterocycles. The van der Waals surface area contributed by atoms with Gasteiger partial charge in [0.15, 0.2) is 5.76 Å². The predicted octanol–water partition coefficient (Wildman–Crippen LogP) is 1.54. The average Bonchev–Trinajstić information content (AvgIpc) is 3.00. The number of rotatable bonds is 8. The molecular formula is C14H23N5O. The molecule has 0 aliphatic carbocycles. The summed E-state index contributed by atoms with van der Waals surface area (Å²) in [5, 5.41) is 7.38. The van der Waals surface area contributed by atoms with E-state index in [1.807, 2.05) is 37.1 Å². The molecule has 2 aromatic rings. The molecule has 0 aromatic carbocycles. The van der Waals surface area contributed by atoms with Crippen LogP contribution in [0.4, 0.5) is 0 Å². The predicted molar refractivity (Wildman–Crippen MR) is 76.9 cm³/mol. The topological polar surface area (TPSA) is 59.1 Å². The second kappa shape index (κ2) is 7.21. The van der Waals surface area contributed by atoms with Crippen molar-refractivity contribution in [3.05, 3.63) is 35.7 Å². The Morgan fingerprint density at radius 1 is 1.40 bits per heavy atom. The quantitative estimate of drug-likeness (QED) is 0.742. The lowest BCUT2D eigenvalue weighted by Gasteiger charge is -2.13. The highest BCUT2D eigenvalue weighted by Crippen LogP contribution is 2.08. The zero-order valence-electron chi connectivity index (χ0n) is 12.5. The zero-order valence-corrected chi connectivity index (χ0v) is 12.5. The van der Waals surface area contributed by atoms with Crippen LogP contribution in [-0.4, -0.2) is 33.2 Å². The van der Waals surface area contributed by atoms with Crippen molar-refractivity contribution in [3.63, 3.8) is 0 Å². The molecule has 1 N–H and O–H groups in total. The van der Waals surface area contributed by atoms with Gasteiger partial charge >= 0.3 is 0 Å². The fourth-order valence-electron chi connectivity index (χ4n) is 2.02. The van der Waals surface area contributed by atoms with E-state index in [4.69, 9.17) is 4.52 Å². The van der Waals surface area contributed by atoms with E-state index in [1.165, 1.54) is 0 Å². The minimum absolute atomic E-state index is 0.730. The molecule has 0 aliphatic rings. The first-order chi connectivity index (χ1) is 9.69. The fourth-order valence-corrected chi connectivity index (χ4v) is 2.02. The Hall–Kier alpha value is -1.66. The lowest BCUT2D eigenvalue weighted by Crippen LogP contribution is -2.19. The maximum Gasteiger partial charge on any atom is 0.151 e. The minimum atomic E-state index is 0.730. The monoisotopic (exact) mass is 277 g/mol. The van der Waals surface area contributed by atoms with E-state index in [0.29, 0.717) is 0 Å². The summed E-state index contributed by atoms with van der Waals surface area (Å²) in [6, 6.07) is 2.01. The smallest absolute Gasteiger partial charge is 0.151 e. The van der Waals surface area contributed by atoms with Crippen LogP contribution in [0.2, 0.25) is 0 Å². The Morgan fingerprint density at radius 2 is 2.25 bits per heavy atom. The summed E-state index contributed by atoms with van der Waals surface area (Å²) in [6.45, 7) is 5.43. The molecule has 0 fully saturated rings. The number of aryl methyl sites for hydroxylation is 1. The second-order valence-corrected chi connectivity index (χ2v) is 5.09. The third kappa shape index (κ3) is 4.18. The van der Waals surface area contributed by atoms with Crippen LogP contribution in [0.5, 0.6) is 0 Å². The number of hydrogen-bond donors (Lipinski definition) is 1. The molecule has 0 saturated carbocycles. The summed E-state index contributed by atoms with van der Waals surface area (Å²) in [7, 11) is 4.05. The Bertz CT molecular complexity index is 519. The molecule has 2 rings (SSSR count). The highest BCUT2D eigenvalue weighted by Gasteiger charge is 2.09. The normalized spacial score (nSPS) is 11.4. The van der Waals surface area contributed by atoms with Gasteiger partial charge in [0.05, 0.1) is 18.8 Å². The van der Waals surface area contributed by atoms with Crippen molar-refractivity contribution >= 4 is 0 Å². The SMILES string of the molecule is CCCNCc1cc(CN(C)Cc2nccn2C)on1. The van der Waals surface area contributed by atoms with Gasteiger partial charge in [-0.25, -0.2) is 4.98 Å². The van der Waals surface area contributed by atoms with Gasteiger partial charge in [0.2, 0.25) is 0 Å². The summed E-state index contributed by atoms with van der Waals surface area (Å²) in [5.41, 5.74) is 0.957. The van der Waals surface area contributed by atoms with Gasteiger partial charge in [-0.05, 0) is 20.0 Å². The van der Waals surface area contributed by atoms with Crippen molar-refractivity contribution in [1.29, 1.82) is 0 Å². The molecule has 6 heteroatoms. The molecule has 0 spiro atoms. The molecule has 0 atom stereocenters. The van der Waals surface area contributed by atoms with Gasteiger partial charge in [-0.15, -0.1) is 0 Å². The largest absolute Gasteiger partial charge is 0.360 e. The number of hydrogen-bond acceptors (Lipinski definition) is 5. The summed E-state index contributed by atoms with van der Waals surface area (Å²) in [5.74, 6) is 1.92. The van der Waals surface area contributed by atoms with Crippen molar-refractivity contribution in [2.24, 2.45) is 7.05 Å². The van der Waals surface area contributed by atoms with Crippen molar-refractivity contribution in [2.75, 3.05) is 13.6 Å². The highest BCUT2D eigenvalue weighted by molar-refractivity contribution is 5.05. The third-order valence-electron chi connectivity index (χ3n) is 3.10. The van der Waals surface area contributed by atoms with E-state index in [-0.39, 0.29) is 0 Å². The first-order valence-electron chi connectivity index (χ1n) is 6.99. The lowest BCUT2D eigenvalue weighted by atomic mass is 10.3. The van der Waals surface area contributed by atoms with Crippen molar-refractivity contribution < 1.29 is 4.52 Å². The van der Waals surface area contributed by atoms with E-state index in [2.05, 4.69) is 27.3 Å². The molecule has 20 heavy (non-hydrogen) atoms. The van der Waals surface area contributed by atoms with Gasteiger partial charge in [-0.3, -0.25) is 4.90 Å². The summed E-state index contributed by atoms with van der Waals surface area (Å²) >= 11 is 0. The van der Waals surface area contributed by atoms with Gasteiger partial charge in [0.1, 0.15) is 5.82 Å². The molecule has 2 heterocycles. The first kappa shape index (κ1) is 14.7. The van der Waals surface area contributed by atoms with Crippen LogP contribution in [0.15, 0.2) is 23.0 Å². The van der Waals surface area contributed by atoms with Crippen LogP contribution in [0, 0.1) is 0 Å². The zero-order chi connectivity index (χ0) is 14.4. The molecule has 0 unspecified atom stereocenters. The van der Waals surface area contributed by atoms with Crippen LogP contribution >= 0.6 is 0 Å². The maximum absolute atomic E-state index is 5.36. The highest BCUT2D eigenvalue weighted by atomic mass is 16.5. The molecule has 0 bridgehead atoms. The van der Waals surface area contributed by atoms with Gasteiger partial charge in [-0.1, -0.05) is 12.1 Å². The Morgan fingerprint density at radius 3 is 2.95 bits per heavy atom. The van der Waals surface area contributed by atoms with E-state index >= 15 is 0 Å². The van der Waals surface area contributed by atoms with Gasteiger partial charge in [0.25, 0.3) is 0 Å². The van der Waals surface area contributed by atoms with Crippen molar-refractivity contribution in [2.45, 2.75) is 33.0 Å².